The number of hydrogen-bond acceptors (Lipinski definition) is 5. The zero-order valence-electron chi connectivity index (χ0n) is 11.0. The maximum atomic E-state index is 11.8. The lowest BCUT2D eigenvalue weighted by atomic mass is 10.3. The molecule has 0 aliphatic heterocycles. The van der Waals surface area contributed by atoms with E-state index >= 15 is 0 Å². The third-order valence-electron chi connectivity index (χ3n) is 2.61. The van der Waals surface area contributed by atoms with Gasteiger partial charge in [0.05, 0.1) is 6.61 Å². The molecule has 20 heavy (non-hydrogen) atoms. The standard InChI is InChI=1S/C12H15N5O2S/c1-19-6-5-14-10(18)8-17-11(15-16-12(17)20)9-3-2-4-13-7-9/h2-4,7H,5-6,8H2,1H3,(H,14,18)(H,16,20). The van der Waals surface area contributed by atoms with Crippen LogP contribution in [0.25, 0.3) is 11.4 Å². The van der Waals surface area contributed by atoms with Gasteiger partial charge in [-0.25, -0.2) is 0 Å². The number of ether oxygens (including phenoxy) is 1. The first kappa shape index (κ1) is 14.4. The Morgan fingerprint density at radius 2 is 2.45 bits per heavy atom. The van der Waals surface area contributed by atoms with Gasteiger partial charge >= 0.3 is 0 Å². The summed E-state index contributed by atoms with van der Waals surface area (Å²) in [7, 11) is 1.58. The van der Waals surface area contributed by atoms with Gasteiger partial charge in [0, 0.05) is 31.6 Å². The maximum Gasteiger partial charge on any atom is 0.240 e. The molecule has 0 saturated carbocycles. The zero-order valence-corrected chi connectivity index (χ0v) is 11.8. The molecule has 106 valence electrons. The molecular formula is C12H15N5O2S. The molecule has 0 bridgehead atoms. The van der Waals surface area contributed by atoms with Gasteiger partial charge in [0.1, 0.15) is 6.54 Å². The van der Waals surface area contributed by atoms with Crippen LogP contribution in [-0.4, -0.2) is 45.9 Å². The molecule has 0 unspecified atom stereocenters. The molecule has 7 nitrogen and oxygen atoms in total. The van der Waals surface area contributed by atoms with E-state index in [-0.39, 0.29) is 12.5 Å². The fourth-order valence-electron chi connectivity index (χ4n) is 1.67. The molecule has 1 amide bonds. The quantitative estimate of drug-likeness (QED) is 0.607. The summed E-state index contributed by atoms with van der Waals surface area (Å²) < 4.78 is 6.90. The lowest BCUT2D eigenvalue weighted by Crippen LogP contribution is -2.30. The highest BCUT2D eigenvalue weighted by atomic mass is 32.1. The van der Waals surface area contributed by atoms with Crippen LogP contribution in [0.3, 0.4) is 0 Å². The van der Waals surface area contributed by atoms with Crippen molar-refractivity contribution in [3.63, 3.8) is 0 Å². The zero-order chi connectivity index (χ0) is 14.4. The van der Waals surface area contributed by atoms with Gasteiger partial charge in [-0.05, 0) is 24.4 Å². The van der Waals surface area contributed by atoms with Crippen molar-refractivity contribution in [3.8, 4) is 11.4 Å². The number of carbonyl (C=O) groups is 1. The second kappa shape index (κ2) is 6.92. The van der Waals surface area contributed by atoms with Gasteiger partial charge in [-0.2, -0.15) is 5.10 Å². The van der Waals surface area contributed by atoms with E-state index < -0.39 is 0 Å². The smallest absolute Gasteiger partial charge is 0.240 e. The Bertz CT molecular complexity index is 622. The molecule has 0 spiro atoms. The second-order valence-electron chi connectivity index (χ2n) is 4.02. The first-order chi connectivity index (χ1) is 9.72. The molecule has 2 rings (SSSR count). The topological polar surface area (TPSA) is 84.8 Å². The molecular weight excluding hydrogens is 278 g/mol. The molecule has 0 aliphatic rings. The summed E-state index contributed by atoms with van der Waals surface area (Å²) in [5.41, 5.74) is 0.796. The lowest BCUT2D eigenvalue weighted by molar-refractivity contribution is -0.121. The van der Waals surface area contributed by atoms with E-state index in [1.54, 1.807) is 30.1 Å². The number of nitrogens with one attached hydrogen (secondary N) is 2. The normalized spacial score (nSPS) is 10.4. The van der Waals surface area contributed by atoms with Crippen LogP contribution in [0.5, 0.6) is 0 Å². The van der Waals surface area contributed by atoms with E-state index in [1.165, 1.54) is 0 Å². The number of aromatic nitrogens is 4. The van der Waals surface area contributed by atoms with Gasteiger partial charge < -0.3 is 10.1 Å². The summed E-state index contributed by atoms with van der Waals surface area (Å²) in [6.45, 7) is 1.03. The largest absolute Gasteiger partial charge is 0.383 e. The number of aromatic amines is 1. The Kier molecular flexibility index (Phi) is 4.97. The van der Waals surface area contributed by atoms with Crippen molar-refractivity contribution in [3.05, 3.63) is 29.3 Å². The van der Waals surface area contributed by atoms with Crippen LogP contribution >= 0.6 is 12.2 Å². The molecule has 0 atom stereocenters. The summed E-state index contributed by atoms with van der Waals surface area (Å²) in [5.74, 6) is 0.440. The Hall–Kier alpha value is -2.06. The molecule has 0 aliphatic carbocycles. The van der Waals surface area contributed by atoms with Crippen LogP contribution in [0.15, 0.2) is 24.5 Å². The predicted octanol–water partition coefficient (Wildman–Crippen LogP) is 0.765. The molecule has 0 aromatic carbocycles. The number of methoxy groups -OCH3 is 1. The second-order valence-corrected chi connectivity index (χ2v) is 4.41. The number of H-pyrrole nitrogens is 1. The summed E-state index contributed by atoms with van der Waals surface area (Å²) in [5, 5.41) is 9.57. The third-order valence-corrected chi connectivity index (χ3v) is 2.92. The minimum absolute atomic E-state index is 0.100. The summed E-state index contributed by atoms with van der Waals surface area (Å²) in [6, 6.07) is 3.66. The van der Waals surface area contributed by atoms with Gasteiger partial charge in [0.15, 0.2) is 10.6 Å². The van der Waals surface area contributed by atoms with E-state index in [9.17, 15) is 4.79 Å². The van der Waals surface area contributed by atoms with Crippen LogP contribution in [0.2, 0.25) is 0 Å². The number of amides is 1. The Labute approximate surface area is 121 Å². The Morgan fingerprint density at radius 1 is 1.60 bits per heavy atom. The first-order valence-corrected chi connectivity index (χ1v) is 6.44. The van der Waals surface area contributed by atoms with E-state index in [0.717, 1.165) is 5.56 Å². The molecule has 8 heteroatoms. The number of rotatable bonds is 6. The molecule has 2 N–H and O–H groups in total. The highest BCUT2D eigenvalue weighted by Crippen LogP contribution is 2.15. The van der Waals surface area contributed by atoms with Crippen molar-refractivity contribution in [2.75, 3.05) is 20.3 Å². The van der Waals surface area contributed by atoms with Gasteiger partial charge in [-0.3, -0.25) is 19.4 Å². The van der Waals surface area contributed by atoms with Crippen molar-refractivity contribution in [2.24, 2.45) is 0 Å². The maximum absolute atomic E-state index is 11.8. The number of pyridine rings is 1. The van der Waals surface area contributed by atoms with Crippen molar-refractivity contribution >= 4 is 18.1 Å². The highest BCUT2D eigenvalue weighted by Gasteiger charge is 2.11. The average Bonchev–Trinajstić information content (AvgIpc) is 2.82. The van der Waals surface area contributed by atoms with Crippen molar-refractivity contribution in [1.82, 2.24) is 25.1 Å². The minimum Gasteiger partial charge on any atom is -0.383 e. The summed E-state index contributed by atoms with van der Waals surface area (Å²) in [4.78, 5) is 15.9. The predicted molar refractivity (Wildman–Crippen MR) is 75.5 cm³/mol. The summed E-state index contributed by atoms with van der Waals surface area (Å²) >= 11 is 5.15. The third kappa shape index (κ3) is 3.49. The number of carbonyl (C=O) groups excluding carboxylic acids is 1. The van der Waals surface area contributed by atoms with Crippen LogP contribution in [0.1, 0.15) is 0 Å². The van der Waals surface area contributed by atoms with Gasteiger partial charge in [0.2, 0.25) is 5.91 Å². The van der Waals surface area contributed by atoms with Crippen molar-refractivity contribution < 1.29 is 9.53 Å². The highest BCUT2D eigenvalue weighted by molar-refractivity contribution is 7.71. The Balaban J connectivity index is 2.14. The van der Waals surface area contributed by atoms with E-state index in [0.29, 0.717) is 23.7 Å². The first-order valence-electron chi connectivity index (χ1n) is 6.03. The lowest BCUT2D eigenvalue weighted by Gasteiger charge is -2.07. The van der Waals surface area contributed by atoms with Gasteiger partial charge in [-0.15, -0.1) is 0 Å². The fourth-order valence-corrected chi connectivity index (χ4v) is 1.87. The average molecular weight is 293 g/mol. The van der Waals surface area contributed by atoms with Crippen LogP contribution in [0.4, 0.5) is 0 Å². The molecule has 2 aromatic rings. The van der Waals surface area contributed by atoms with Gasteiger partial charge in [0.25, 0.3) is 0 Å². The van der Waals surface area contributed by atoms with Crippen molar-refractivity contribution in [2.45, 2.75) is 6.54 Å². The van der Waals surface area contributed by atoms with E-state index in [2.05, 4.69) is 20.5 Å². The minimum atomic E-state index is -0.148. The van der Waals surface area contributed by atoms with Crippen LogP contribution in [0, 0.1) is 4.77 Å². The Morgan fingerprint density at radius 3 is 3.15 bits per heavy atom. The fraction of sp³-hybridized carbons (Fsp3) is 0.333. The number of hydrogen-bond donors (Lipinski definition) is 2. The molecule has 2 heterocycles. The summed E-state index contributed by atoms with van der Waals surface area (Å²) in [6.07, 6.45) is 3.34. The number of nitrogens with zero attached hydrogens (tertiary/aromatic N) is 3. The SMILES string of the molecule is COCCNC(=O)Cn1c(-c2cccnc2)n[nH]c1=S. The molecule has 2 aromatic heterocycles. The van der Waals surface area contributed by atoms with Crippen LogP contribution in [-0.2, 0) is 16.1 Å². The monoisotopic (exact) mass is 293 g/mol. The molecule has 0 radical (unpaired) electrons. The molecule has 0 saturated heterocycles. The van der Waals surface area contributed by atoms with E-state index in [4.69, 9.17) is 17.0 Å². The van der Waals surface area contributed by atoms with Crippen LogP contribution < -0.4 is 5.32 Å². The molecule has 0 fully saturated rings. The van der Waals surface area contributed by atoms with Gasteiger partial charge in [-0.1, -0.05) is 0 Å². The van der Waals surface area contributed by atoms with Crippen molar-refractivity contribution in [1.29, 1.82) is 0 Å². The van der Waals surface area contributed by atoms with E-state index in [1.807, 2.05) is 6.07 Å².